The number of nitrogens with zero attached hydrogens (tertiary/aromatic N) is 1. The molecule has 1 amide bonds. The number of aliphatic hydroxyl groups is 1. The lowest BCUT2D eigenvalue weighted by Gasteiger charge is -2.22. The second-order valence-electron chi connectivity index (χ2n) is 4.76. The van der Waals surface area contributed by atoms with Crippen molar-refractivity contribution >= 4 is 23.2 Å². The Balaban J connectivity index is 2.85. The van der Waals surface area contributed by atoms with E-state index in [1.807, 2.05) is 20.8 Å². The van der Waals surface area contributed by atoms with Crippen LogP contribution in [0.3, 0.4) is 0 Å². The van der Waals surface area contributed by atoms with Crippen molar-refractivity contribution in [1.82, 2.24) is 10.3 Å². The van der Waals surface area contributed by atoms with Crippen LogP contribution in [-0.4, -0.2) is 21.5 Å². The topological polar surface area (TPSA) is 88.2 Å². The van der Waals surface area contributed by atoms with Gasteiger partial charge >= 0.3 is 0 Å². The molecule has 94 valence electrons. The average molecular weight is 258 g/mol. The maximum atomic E-state index is 11.7. The van der Waals surface area contributed by atoms with E-state index in [0.29, 0.717) is 5.69 Å². The number of pyridine rings is 1. The normalized spacial score (nSPS) is 13.2. The van der Waals surface area contributed by atoms with Crippen molar-refractivity contribution in [2.45, 2.75) is 32.4 Å². The molecule has 0 aliphatic rings. The molecular formula is C11H16ClN3O2. The quantitative estimate of drug-likeness (QED) is 0.696. The average Bonchev–Trinajstić information content (AvgIpc) is 2.18. The van der Waals surface area contributed by atoms with Crippen LogP contribution in [0.25, 0.3) is 0 Å². The van der Waals surface area contributed by atoms with Crippen LogP contribution in [0, 0.1) is 0 Å². The Morgan fingerprint density at radius 1 is 1.53 bits per heavy atom. The number of hydrogen-bond donors (Lipinski definition) is 3. The van der Waals surface area contributed by atoms with Crippen LogP contribution in [0.4, 0.5) is 5.69 Å². The minimum atomic E-state index is -1.35. The Bertz CT molecular complexity index is 429. The molecule has 1 atom stereocenters. The predicted octanol–water partition coefficient (Wildman–Crippen LogP) is 1.27. The summed E-state index contributed by atoms with van der Waals surface area (Å²) in [5.74, 6) is -0.522. The molecule has 6 heteroatoms. The summed E-state index contributed by atoms with van der Waals surface area (Å²) in [6.45, 7) is 5.46. The molecule has 0 saturated carbocycles. The Labute approximate surface area is 105 Å². The number of carbonyl (C=O) groups excluding carboxylic acids is 1. The number of nitrogen functional groups attached to an aromatic ring is 1. The van der Waals surface area contributed by atoms with Gasteiger partial charge in [-0.25, -0.2) is 4.98 Å². The molecule has 0 spiro atoms. The van der Waals surface area contributed by atoms with Crippen LogP contribution in [0.15, 0.2) is 12.1 Å². The van der Waals surface area contributed by atoms with Crippen molar-refractivity contribution in [2.24, 2.45) is 0 Å². The van der Waals surface area contributed by atoms with Gasteiger partial charge in [-0.3, -0.25) is 4.79 Å². The first-order chi connectivity index (χ1) is 7.70. The molecule has 1 rings (SSSR count). The predicted molar refractivity (Wildman–Crippen MR) is 66.5 cm³/mol. The maximum Gasteiger partial charge on any atom is 0.255 e. The molecular weight excluding hydrogens is 242 g/mol. The molecule has 1 heterocycles. The number of hydrogen-bond acceptors (Lipinski definition) is 4. The monoisotopic (exact) mass is 257 g/mol. The van der Waals surface area contributed by atoms with Crippen LogP contribution in [0.5, 0.6) is 0 Å². The molecule has 1 aromatic rings. The fraction of sp³-hybridized carbons (Fsp3) is 0.455. The SMILES string of the molecule is CC(C)(C)NC(=O)C(O)c1ccc(N)c(Cl)n1. The highest BCUT2D eigenvalue weighted by atomic mass is 35.5. The smallest absolute Gasteiger partial charge is 0.255 e. The summed E-state index contributed by atoms with van der Waals surface area (Å²) < 4.78 is 0. The number of anilines is 1. The van der Waals surface area contributed by atoms with Gasteiger partial charge in [0.05, 0.1) is 11.4 Å². The summed E-state index contributed by atoms with van der Waals surface area (Å²) in [7, 11) is 0. The fourth-order valence-corrected chi connectivity index (χ4v) is 1.34. The Morgan fingerprint density at radius 3 is 2.59 bits per heavy atom. The minimum absolute atomic E-state index is 0.0742. The zero-order valence-electron chi connectivity index (χ0n) is 9.99. The highest BCUT2D eigenvalue weighted by Crippen LogP contribution is 2.20. The number of rotatable bonds is 2. The van der Waals surface area contributed by atoms with Gasteiger partial charge in [-0.1, -0.05) is 11.6 Å². The largest absolute Gasteiger partial charge is 0.396 e. The lowest BCUT2D eigenvalue weighted by molar-refractivity contribution is -0.131. The van der Waals surface area contributed by atoms with Gasteiger partial charge in [0.2, 0.25) is 0 Å². The van der Waals surface area contributed by atoms with Crippen LogP contribution >= 0.6 is 11.6 Å². The highest BCUT2D eigenvalue weighted by Gasteiger charge is 2.23. The van der Waals surface area contributed by atoms with Gasteiger partial charge in [-0.15, -0.1) is 0 Å². The van der Waals surface area contributed by atoms with Gasteiger partial charge in [-0.05, 0) is 32.9 Å². The Kier molecular flexibility index (Phi) is 3.95. The maximum absolute atomic E-state index is 11.7. The van der Waals surface area contributed by atoms with Gasteiger partial charge in [0.25, 0.3) is 5.91 Å². The third kappa shape index (κ3) is 3.87. The minimum Gasteiger partial charge on any atom is -0.396 e. The van der Waals surface area contributed by atoms with E-state index in [2.05, 4.69) is 10.3 Å². The van der Waals surface area contributed by atoms with Crippen molar-refractivity contribution in [3.63, 3.8) is 0 Å². The Morgan fingerprint density at radius 2 is 2.12 bits per heavy atom. The number of aromatic nitrogens is 1. The van der Waals surface area contributed by atoms with Crippen LogP contribution in [0.2, 0.25) is 5.15 Å². The van der Waals surface area contributed by atoms with Crippen molar-refractivity contribution in [3.8, 4) is 0 Å². The second-order valence-corrected chi connectivity index (χ2v) is 5.12. The number of halogens is 1. The van der Waals surface area contributed by atoms with Crippen LogP contribution in [0.1, 0.15) is 32.6 Å². The summed E-state index contributed by atoms with van der Waals surface area (Å²) in [5.41, 5.74) is 5.55. The molecule has 0 saturated heterocycles. The molecule has 0 aromatic carbocycles. The lowest BCUT2D eigenvalue weighted by Crippen LogP contribution is -2.43. The molecule has 0 fully saturated rings. The van der Waals surface area contributed by atoms with E-state index >= 15 is 0 Å². The van der Waals surface area contributed by atoms with Crippen LogP contribution in [-0.2, 0) is 4.79 Å². The van der Waals surface area contributed by atoms with Crippen molar-refractivity contribution in [1.29, 1.82) is 0 Å². The first-order valence-corrected chi connectivity index (χ1v) is 5.50. The standard InChI is InChI=1S/C11H16ClN3O2/c1-11(2,3)15-10(17)8(16)7-5-4-6(13)9(12)14-7/h4-5,8,16H,13H2,1-3H3,(H,15,17). The highest BCUT2D eigenvalue weighted by molar-refractivity contribution is 6.31. The summed E-state index contributed by atoms with van der Waals surface area (Å²) >= 11 is 5.72. The summed E-state index contributed by atoms with van der Waals surface area (Å²) in [5, 5.41) is 12.5. The van der Waals surface area contributed by atoms with E-state index in [9.17, 15) is 9.90 Å². The number of nitrogens with two attached hydrogens (primary N) is 1. The molecule has 0 radical (unpaired) electrons. The summed E-state index contributed by atoms with van der Waals surface area (Å²) in [6, 6.07) is 2.96. The van der Waals surface area contributed by atoms with Crippen molar-refractivity contribution in [3.05, 3.63) is 23.0 Å². The molecule has 1 aromatic heterocycles. The van der Waals surface area contributed by atoms with Gasteiger partial charge < -0.3 is 16.2 Å². The van der Waals surface area contributed by atoms with Crippen molar-refractivity contribution in [2.75, 3.05) is 5.73 Å². The van der Waals surface area contributed by atoms with E-state index in [1.54, 1.807) is 0 Å². The molecule has 0 aliphatic carbocycles. The number of nitrogens with one attached hydrogen (secondary N) is 1. The van der Waals surface area contributed by atoms with Crippen LogP contribution < -0.4 is 11.1 Å². The zero-order valence-corrected chi connectivity index (χ0v) is 10.7. The van der Waals surface area contributed by atoms with Gasteiger partial charge in [-0.2, -0.15) is 0 Å². The third-order valence-electron chi connectivity index (χ3n) is 1.93. The zero-order chi connectivity index (χ0) is 13.2. The first kappa shape index (κ1) is 13.7. The lowest BCUT2D eigenvalue weighted by atomic mass is 10.1. The molecule has 17 heavy (non-hydrogen) atoms. The summed E-state index contributed by atoms with van der Waals surface area (Å²) in [4.78, 5) is 15.5. The van der Waals surface area contributed by atoms with E-state index in [-0.39, 0.29) is 10.8 Å². The Hall–Kier alpha value is -1.33. The van der Waals surface area contributed by atoms with Gasteiger partial charge in [0, 0.05) is 5.54 Å². The van der Waals surface area contributed by atoms with E-state index in [0.717, 1.165) is 0 Å². The molecule has 0 aliphatic heterocycles. The fourth-order valence-electron chi connectivity index (χ4n) is 1.18. The second kappa shape index (κ2) is 4.89. The molecule has 1 unspecified atom stereocenters. The van der Waals surface area contributed by atoms with E-state index in [1.165, 1.54) is 12.1 Å². The van der Waals surface area contributed by atoms with Crippen molar-refractivity contribution < 1.29 is 9.90 Å². The van der Waals surface area contributed by atoms with E-state index < -0.39 is 17.6 Å². The summed E-state index contributed by atoms with van der Waals surface area (Å²) in [6.07, 6.45) is -1.35. The molecule has 4 N–H and O–H groups in total. The number of carbonyl (C=O) groups is 1. The molecule has 0 bridgehead atoms. The van der Waals surface area contributed by atoms with Gasteiger partial charge in [0.1, 0.15) is 0 Å². The molecule has 5 nitrogen and oxygen atoms in total. The third-order valence-corrected chi connectivity index (χ3v) is 2.23. The van der Waals surface area contributed by atoms with E-state index in [4.69, 9.17) is 17.3 Å². The first-order valence-electron chi connectivity index (χ1n) is 5.13. The van der Waals surface area contributed by atoms with Gasteiger partial charge in [0.15, 0.2) is 11.3 Å². The number of amides is 1. The number of aliphatic hydroxyl groups excluding tert-OH is 1.